The fraction of sp³-hybridized carbons (Fsp3) is 0.846. The highest BCUT2D eigenvalue weighted by atomic mass is 16.4. The second-order valence-electron chi connectivity index (χ2n) is 5.22. The lowest BCUT2D eigenvalue weighted by Gasteiger charge is -2.26. The van der Waals surface area contributed by atoms with Crippen LogP contribution in [0.2, 0.25) is 0 Å². The molecule has 1 fully saturated rings. The highest BCUT2D eigenvalue weighted by Gasteiger charge is 2.34. The molecule has 1 heterocycles. The number of aliphatic hydroxyl groups excluding tert-OH is 1. The summed E-state index contributed by atoms with van der Waals surface area (Å²) in [7, 11) is 0. The van der Waals surface area contributed by atoms with Crippen molar-refractivity contribution in [3.05, 3.63) is 0 Å². The van der Waals surface area contributed by atoms with E-state index < -0.39 is 11.9 Å². The van der Waals surface area contributed by atoms with Crippen molar-refractivity contribution in [1.29, 1.82) is 0 Å². The van der Waals surface area contributed by atoms with Crippen LogP contribution in [-0.4, -0.2) is 52.9 Å². The van der Waals surface area contributed by atoms with E-state index in [4.69, 9.17) is 5.11 Å². The largest absolute Gasteiger partial charge is 0.481 e. The smallest absolute Gasteiger partial charge is 0.317 e. The van der Waals surface area contributed by atoms with E-state index in [0.29, 0.717) is 13.0 Å². The van der Waals surface area contributed by atoms with Crippen molar-refractivity contribution in [2.75, 3.05) is 19.7 Å². The van der Waals surface area contributed by atoms with Gasteiger partial charge in [-0.15, -0.1) is 0 Å². The molecule has 0 aromatic carbocycles. The normalized spacial score (nSPS) is 24.3. The van der Waals surface area contributed by atoms with Crippen LogP contribution in [0.3, 0.4) is 0 Å². The van der Waals surface area contributed by atoms with Crippen LogP contribution in [0, 0.1) is 11.8 Å². The van der Waals surface area contributed by atoms with Crippen LogP contribution in [0.1, 0.15) is 33.1 Å². The summed E-state index contributed by atoms with van der Waals surface area (Å²) in [6.45, 7) is 4.63. The van der Waals surface area contributed by atoms with Crippen molar-refractivity contribution in [3.63, 3.8) is 0 Å². The molecular formula is C13H24N2O4. The van der Waals surface area contributed by atoms with Gasteiger partial charge in [-0.2, -0.15) is 0 Å². The van der Waals surface area contributed by atoms with Gasteiger partial charge in [-0.25, -0.2) is 4.79 Å². The van der Waals surface area contributed by atoms with E-state index in [0.717, 1.165) is 12.8 Å². The molecule has 0 bridgehead atoms. The molecule has 1 saturated heterocycles. The predicted octanol–water partition coefficient (Wildman–Crippen LogP) is 0.900. The molecule has 3 atom stereocenters. The van der Waals surface area contributed by atoms with Crippen LogP contribution in [0.5, 0.6) is 0 Å². The Morgan fingerprint density at radius 3 is 2.68 bits per heavy atom. The maximum absolute atomic E-state index is 12.0. The number of hydrogen-bond acceptors (Lipinski definition) is 3. The zero-order valence-electron chi connectivity index (χ0n) is 11.6. The first-order valence-corrected chi connectivity index (χ1v) is 6.89. The highest BCUT2D eigenvalue weighted by Crippen LogP contribution is 2.23. The number of carboxylic acids is 1. The predicted molar refractivity (Wildman–Crippen MR) is 70.8 cm³/mol. The number of nitrogens with one attached hydrogen (secondary N) is 1. The SMILES string of the molecule is CCCC(CNC(=O)N1CCC(C)C1CO)C(=O)O. The molecule has 19 heavy (non-hydrogen) atoms. The number of carbonyl (C=O) groups is 2. The standard InChI is InChI=1S/C13H24N2O4/c1-3-4-10(12(17)18)7-14-13(19)15-6-5-9(2)11(15)8-16/h9-11,16H,3-8H2,1-2H3,(H,14,19)(H,17,18). The van der Waals surface area contributed by atoms with Gasteiger partial charge in [0.1, 0.15) is 0 Å². The summed E-state index contributed by atoms with van der Waals surface area (Å²) in [5.74, 6) is -1.14. The van der Waals surface area contributed by atoms with Gasteiger partial charge >= 0.3 is 12.0 Å². The number of carbonyl (C=O) groups excluding carboxylic acids is 1. The maximum atomic E-state index is 12.0. The average molecular weight is 272 g/mol. The Bertz CT molecular complexity index is 322. The highest BCUT2D eigenvalue weighted by molar-refractivity contribution is 5.76. The molecule has 0 aromatic rings. The molecule has 3 N–H and O–H groups in total. The summed E-state index contributed by atoms with van der Waals surface area (Å²) in [4.78, 5) is 24.6. The number of aliphatic hydroxyl groups is 1. The van der Waals surface area contributed by atoms with Crippen LogP contribution in [0.15, 0.2) is 0 Å². The van der Waals surface area contributed by atoms with Gasteiger partial charge in [0, 0.05) is 13.1 Å². The first-order valence-electron chi connectivity index (χ1n) is 6.89. The lowest BCUT2D eigenvalue weighted by molar-refractivity contribution is -0.141. The molecule has 1 aliphatic rings. The van der Waals surface area contributed by atoms with Crippen molar-refractivity contribution >= 4 is 12.0 Å². The number of carboxylic acid groups (broad SMARTS) is 1. The molecule has 1 aliphatic heterocycles. The minimum atomic E-state index is -0.879. The fourth-order valence-corrected chi connectivity index (χ4v) is 2.51. The van der Waals surface area contributed by atoms with Gasteiger partial charge < -0.3 is 20.4 Å². The van der Waals surface area contributed by atoms with Gasteiger partial charge in [-0.1, -0.05) is 20.3 Å². The summed E-state index contributed by atoms with van der Waals surface area (Å²) in [6.07, 6.45) is 2.19. The third-order valence-electron chi connectivity index (χ3n) is 3.82. The second-order valence-corrected chi connectivity index (χ2v) is 5.22. The zero-order chi connectivity index (χ0) is 14.4. The van der Waals surface area contributed by atoms with Gasteiger partial charge in [0.2, 0.25) is 0 Å². The van der Waals surface area contributed by atoms with Crippen molar-refractivity contribution in [2.45, 2.75) is 39.2 Å². The molecule has 6 heteroatoms. The van der Waals surface area contributed by atoms with Crippen molar-refractivity contribution in [1.82, 2.24) is 10.2 Å². The minimum Gasteiger partial charge on any atom is -0.481 e. The zero-order valence-corrected chi connectivity index (χ0v) is 11.6. The molecule has 110 valence electrons. The van der Waals surface area contributed by atoms with Crippen molar-refractivity contribution in [3.8, 4) is 0 Å². The van der Waals surface area contributed by atoms with Crippen molar-refractivity contribution in [2.24, 2.45) is 11.8 Å². The maximum Gasteiger partial charge on any atom is 0.317 e. The lowest BCUT2D eigenvalue weighted by atomic mass is 10.0. The van der Waals surface area contributed by atoms with Crippen LogP contribution < -0.4 is 5.32 Å². The van der Waals surface area contributed by atoms with Crippen molar-refractivity contribution < 1.29 is 19.8 Å². The number of aliphatic carboxylic acids is 1. The molecule has 0 radical (unpaired) electrons. The third-order valence-corrected chi connectivity index (χ3v) is 3.82. The molecule has 0 spiro atoms. The Hall–Kier alpha value is -1.30. The number of likely N-dealkylation sites (tertiary alicyclic amines) is 1. The van der Waals surface area contributed by atoms with Gasteiger partial charge in [0.15, 0.2) is 0 Å². The molecule has 2 amide bonds. The average Bonchev–Trinajstić information content (AvgIpc) is 2.74. The Balaban J connectivity index is 2.48. The Morgan fingerprint density at radius 1 is 1.47 bits per heavy atom. The van der Waals surface area contributed by atoms with Gasteiger partial charge in [0.25, 0.3) is 0 Å². The van der Waals surface area contributed by atoms with Gasteiger partial charge in [-0.05, 0) is 18.8 Å². The molecule has 0 saturated carbocycles. The summed E-state index contributed by atoms with van der Waals surface area (Å²) in [5.41, 5.74) is 0. The summed E-state index contributed by atoms with van der Waals surface area (Å²) in [6, 6.07) is -0.430. The van der Waals surface area contributed by atoms with Crippen LogP contribution in [0.4, 0.5) is 4.79 Å². The Morgan fingerprint density at radius 2 is 2.16 bits per heavy atom. The summed E-state index contributed by atoms with van der Waals surface area (Å²) < 4.78 is 0. The molecule has 3 unspecified atom stereocenters. The summed E-state index contributed by atoms with van der Waals surface area (Å²) in [5, 5.41) is 21.0. The molecule has 6 nitrogen and oxygen atoms in total. The lowest BCUT2D eigenvalue weighted by Crippen LogP contribution is -2.47. The number of hydrogen-bond donors (Lipinski definition) is 3. The summed E-state index contributed by atoms with van der Waals surface area (Å²) >= 11 is 0. The number of amides is 2. The van der Waals surface area contributed by atoms with Gasteiger partial charge in [-0.3, -0.25) is 4.79 Å². The fourth-order valence-electron chi connectivity index (χ4n) is 2.51. The van der Waals surface area contributed by atoms with Crippen LogP contribution in [-0.2, 0) is 4.79 Å². The van der Waals surface area contributed by atoms with E-state index in [1.54, 1.807) is 4.90 Å². The Kier molecular flexibility index (Phi) is 6.08. The van der Waals surface area contributed by atoms with E-state index in [1.165, 1.54) is 0 Å². The Labute approximate surface area is 113 Å². The number of urea groups is 1. The van der Waals surface area contributed by atoms with Crippen LogP contribution >= 0.6 is 0 Å². The van der Waals surface area contributed by atoms with Crippen LogP contribution in [0.25, 0.3) is 0 Å². The van der Waals surface area contributed by atoms with E-state index in [-0.39, 0.29) is 31.1 Å². The number of rotatable bonds is 6. The first kappa shape index (κ1) is 15.8. The van der Waals surface area contributed by atoms with E-state index in [1.807, 2.05) is 13.8 Å². The quantitative estimate of drug-likeness (QED) is 0.670. The topological polar surface area (TPSA) is 89.9 Å². The molecule has 0 aromatic heterocycles. The first-order chi connectivity index (χ1) is 9.01. The minimum absolute atomic E-state index is 0.0497. The van der Waals surface area contributed by atoms with E-state index in [2.05, 4.69) is 5.32 Å². The third kappa shape index (κ3) is 4.09. The number of nitrogens with zero attached hydrogens (tertiary/aromatic N) is 1. The second kappa shape index (κ2) is 7.33. The molecule has 0 aliphatic carbocycles. The van der Waals surface area contributed by atoms with E-state index in [9.17, 15) is 14.7 Å². The monoisotopic (exact) mass is 272 g/mol. The van der Waals surface area contributed by atoms with E-state index >= 15 is 0 Å². The molecular weight excluding hydrogens is 248 g/mol. The molecule has 1 rings (SSSR count). The van der Waals surface area contributed by atoms with Gasteiger partial charge in [0.05, 0.1) is 18.6 Å².